The first-order valence-electron chi connectivity index (χ1n) is 12.0. The summed E-state index contributed by atoms with van der Waals surface area (Å²) in [7, 11) is -2.62. The van der Waals surface area contributed by atoms with Crippen molar-refractivity contribution in [2.75, 3.05) is 29.8 Å². The van der Waals surface area contributed by atoms with Crippen molar-refractivity contribution in [3.63, 3.8) is 0 Å². The van der Waals surface area contributed by atoms with E-state index < -0.39 is 21.8 Å². The molecule has 1 amide bonds. The summed E-state index contributed by atoms with van der Waals surface area (Å²) in [6.45, 7) is 3.32. The summed E-state index contributed by atoms with van der Waals surface area (Å²) in [6, 6.07) is 10.2. The Hall–Kier alpha value is -4.16. The summed E-state index contributed by atoms with van der Waals surface area (Å²) < 4.78 is 65.3. The second-order valence-corrected chi connectivity index (χ2v) is 10.4. The number of hydrogen-bond acceptors (Lipinski definition) is 6. The normalized spacial score (nSPS) is 14.5. The van der Waals surface area contributed by atoms with Crippen molar-refractivity contribution in [1.82, 2.24) is 14.5 Å². The third kappa shape index (κ3) is 5.81. The number of benzene rings is 2. The molecule has 12 heteroatoms. The molecule has 0 saturated heterocycles. The molecule has 2 aromatic carbocycles. The van der Waals surface area contributed by atoms with Gasteiger partial charge in [0.2, 0.25) is 6.41 Å². The van der Waals surface area contributed by atoms with Crippen molar-refractivity contribution in [2.24, 2.45) is 0 Å². The van der Waals surface area contributed by atoms with E-state index in [4.69, 9.17) is 4.74 Å². The molecule has 1 aliphatic rings. The van der Waals surface area contributed by atoms with E-state index in [1.807, 2.05) is 0 Å². The lowest BCUT2D eigenvalue weighted by Gasteiger charge is -2.33. The number of aromatic nitrogens is 2. The van der Waals surface area contributed by atoms with Gasteiger partial charge in [-0.3, -0.25) is 14.4 Å². The molecule has 3 aromatic rings. The number of methoxy groups -OCH3 is 1. The number of carbonyl (C=O) groups is 1. The van der Waals surface area contributed by atoms with E-state index in [1.54, 1.807) is 44.2 Å². The summed E-state index contributed by atoms with van der Waals surface area (Å²) in [6.07, 6.45) is 5.48. The van der Waals surface area contributed by atoms with Crippen LogP contribution in [0.25, 0.3) is 11.1 Å². The van der Waals surface area contributed by atoms with Crippen LogP contribution >= 0.6 is 0 Å². The van der Waals surface area contributed by atoms with Crippen LogP contribution in [-0.4, -0.2) is 49.5 Å². The number of allylic oxidation sites excluding steroid dienone is 1. The molecule has 1 aromatic heterocycles. The molecule has 0 fully saturated rings. The summed E-state index contributed by atoms with van der Waals surface area (Å²) in [5.41, 5.74) is 1.52. The first kappa shape index (κ1) is 27.9. The highest BCUT2D eigenvalue weighted by Crippen LogP contribution is 2.39. The molecule has 1 N–H and O–H groups in total. The van der Waals surface area contributed by atoms with Gasteiger partial charge in [-0.15, -0.1) is 5.10 Å². The van der Waals surface area contributed by atoms with Gasteiger partial charge in [0, 0.05) is 48.6 Å². The number of aryl methyl sites for hydroxylation is 1. The van der Waals surface area contributed by atoms with E-state index in [-0.39, 0.29) is 47.9 Å². The number of halogens is 2. The number of nitrogens with zero attached hydrogens (tertiary/aromatic N) is 4. The van der Waals surface area contributed by atoms with Gasteiger partial charge in [-0.2, -0.15) is 17.8 Å². The van der Waals surface area contributed by atoms with Crippen molar-refractivity contribution in [3.8, 4) is 16.9 Å². The molecular formula is C27H27F2N5O4S. The maximum atomic E-state index is 15.4. The largest absolute Gasteiger partial charge is 0.495 e. The van der Waals surface area contributed by atoms with Gasteiger partial charge in [0.15, 0.2) is 5.82 Å². The molecular weight excluding hydrogens is 528 g/mol. The lowest BCUT2D eigenvalue weighted by Crippen LogP contribution is -2.42. The summed E-state index contributed by atoms with van der Waals surface area (Å²) in [5, 5.41) is 7.43. The highest BCUT2D eigenvalue weighted by atomic mass is 32.2. The van der Waals surface area contributed by atoms with Gasteiger partial charge in [0.1, 0.15) is 17.4 Å². The van der Waals surface area contributed by atoms with E-state index in [1.165, 1.54) is 40.7 Å². The lowest BCUT2D eigenvalue weighted by atomic mass is 10.00. The number of anilines is 2. The monoisotopic (exact) mass is 555 g/mol. The smallest absolute Gasteiger partial charge is 0.303 e. The molecule has 0 saturated carbocycles. The third-order valence-electron chi connectivity index (χ3n) is 6.24. The third-order valence-corrected chi connectivity index (χ3v) is 7.69. The molecule has 4 rings (SSSR count). The first-order chi connectivity index (χ1) is 18.7. The number of rotatable bonds is 9. The van der Waals surface area contributed by atoms with Gasteiger partial charge < -0.3 is 4.74 Å². The topological polar surface area (TPSA) is 105 Å². The zero-order valence-corrected chi connectivity index (χ0v) is 22.4. The molecule has 0 atom stereocenters. The second kappa shape index (κ2) is 11.7. The van der Waals surface area contributed by atoms with Gasteiger partial charge in [0.05, 0.1) is 12.8 Å². The molecule has 0 unspecified atom stereocenters. The van der Waals surface area contributed by atoms with E-state index >= 15 is 4.39 Å². The van der Waals surface area contributed by atoms with Crippen LogP contribution in [0.1, 0.15) is 18.9 Å². The maximum absolute atomic E-state index is 15.4. The maximum Gasteiger partial charge on any atom is 0.303 e. The Bertz CT molecular complexity index is 1550. The van der Waals surface area contributed by atoms with Crippen LogP contribution in [0.4, 0.5) is 20.3 Å². The average Bonchev–Trinajstić information content (AvgIpc) is 2.92. The Morgan fingerprint density at radius 1 is 1.15 bits per heavy atom. The Kier molecular flexibility index (Phi) is 8.36. The fourth-order valence-corrected chi connectivity index (χ4v) is 5.50. The van der Waals surface area contributed by atoms with Crippen molar-refractivity contribution in [1.29, 1.82) is 0 Å². The summed E-state index contributed by atoms with van der Waals surface area (Å²) >= 11 is 0. The van der Waals surface area contributed by atoms with Crippen molar-refractivity contribution in [3.05, 3.63) is 89.3 Å². The molecule has 0 spiro atoms. The summed E-state index contributed by atoms with van der Waals surface area (Å²) in [5.74, 6) is -1.09. The lowest BCUT2D eigenvalue weighted by molar-refractivity contribution is -0.107. The average molecular weight is 556 g/mol. The molecule has 204 valence electrons. The molecule has 2 heterocycles. The molecule has 9 nitrogen and oxygen atoms in total. The molecule has 0 bridgehead atoms. The molecule has 0 aliphatic carbocycles. The predicted molar refractivity (Wildman–Crippen MR) is 144 cm³/mol. The number of carbonyl (C=O) groups excluding carboxylic acids is 1. The SMILES string of the molecule is C/C=C\C1=C(N(C=O)c2cc(F)c(-c3cccc(C)c3F)cc2OC)CCN(S(=O)(=O)Nc2cccnn2)C1. The number of amides is 1. The predicted octanol–water partition coefficient (Wildman–Crippen LogP) is 4.59. The van der Waals surface area contributed by atoms with Crippen LogP contribution in [0.3, 0.4) is 0 Å². The van der Waals surface area contributed by atoms with Gasteiger partial charge >= 0.3 is 10.2 Å². The van der Waals surface area contributed by atoms with E-state index in [0.717, 1.165) is 6.07 Å². The van der Waals surface area contributed by atoms with E-state index in [0.29, 0.717) is 23.2 Å². The van der Waals surface area contributed by atoms with Crippen molar-refractivity contribution in [2.45, 2.75) is 20.3 Å². The van der Waals surface area contributed by atoms with Gasteiger partial charge in [0.25, 0.3) is 0 Å². The summed E-state index contributed by atoms with van der Waals surface area (Å²) in [4.78, 5) is 13.6. The minimum Gasteiger partial charge on any atom is -0.495 e. The Balaban J connectivity index is 1.73. The number of hydrogen-bond donors (Lipinski definition) is 1. The highest BCUT2D eigenvalue weighted by molar-refractivity contribution is 7.90. The fourth-order valence-electron chi connectivity index (χ4n) is 4.36. The number of ether oxygens (including phenoxy) is 1. The fraction of sp³-hybridized carbons (Fsp3) is 0.222. The Morgan fingerprint density at radius 2 is 1.95 bits per heavy atom. The van der Waals surface area contributed by atoms with Crippen LogP contribution in [0.2, 0.25) is 0 Å². The van der Waals surface area contributed by atoms with Crippen LogP contribution in [-0.2, 0) is 15.0 Å². The molecule has 0 radical (unpaired) electrons. The van der Waals surface area contributed by atoms with E-state index in [2.05, 4.69) is 14.9 Å². The number of nitrogens with one attached hydrogen (secondary N) is 1. The zero-order chi connectivity index (χ0) is 28.2. The quantitative estimate of drug-likeness (QED) is 0.387. The van der Waals surface area contributed by atoms with Gasteiger partial charge in [-0.1, -0.05) is 30.4 Å². The van der Waals surface area contributed by atoms with Crippen molar-refractivity contribution >= 4 is 28.1 Å². The minimum absolute atomic E-state index is 0.0127. The van der Waals surface area contributed by atoms with Gasteiger partial charge in [-0.05, 0) is 43.2 Å². The Morgan fingerprint density at radius 3 is 2.62 bits per heavy atom. The highest BCUT2D eigenvalue weighted by Gasteiger charge is 2.31. The van der Waals surface area contributed by atoms with E-state index in [9.17, 15) is 17.6 Å². The van der Waals surface area contributed by atoms with Crippen molar-refractivity contribution < 1.29 is 26.7 Å². The first-order valence-corrected chi connectivity index (χ1v) is 13.4. The van der Waals surface area contributed by atoms with Crippen LogP contribution in [0.5, 0.6) is 5.75 Å². The Labute approximate surface area is 225 Å². The zero-order valence-electron chi connectivity index (χ0n) is 21.6. The molecule has 39 heavy (non-hydrogen) atoms. The molecule has 1 aliphatic heterocycles. The van der Waals surface area contributed by atoms with Gasteiger partial charge in [-0.25, -0.2) is 8.78 Å². The standard InChI is InChI=1S/C27H27F2N5O4S/c1-4-7-19-16-33(39(36,37)32-26-10-6-12-30-31-26)13-11-23(19)34(17-35)24-15-22(28)21(14-25(24)38-3)20-9-5-8-18(2)27(20)29/h4-10,12,14-15,17H,11,13,16H2,1-3H3,(H,31,32)/b7-4-. The van der Waals surface area contributed by atoms with Crippen LogP contribution < -0.4 is 14.4 Å². The minimum atomic E-state index is -3.99. The van der Waals surface area contributed by atoms with Crippen LogP contribution in [0.15, 0.2) is 72.1 Å². The van der Waals surface area contributed by atoms with Crippen LogP contribution in [0, 0.1) is 18.6 Å². The second-order valence-electron chi connectivity index (χ2n) is 8.69.